The van der Waals surface area contributed by atoms with Crippen LogP contribution in [0.1, 0.15) is 46.3 Å². The highest BCUT2D eigenvalue weighted by molar-refractivity contribution is 6.61. The number of hydrogen-bond acceptors (Lipinski definition) is 5. The first-order valence-corrected chi connectivity index (χ1v) is 6.75. The maximum atomic E-state index is 9.94. The molecule has 2 heterocycles. The summed E-state index contributed by atoms with van der Waals surface area (Å²) in [6, 6.07) is 1.76. The van der Waals surface area contributed by atoms with Crippen LogP contribution in [0.4, 0.5) is 0 Å². The van der Waals surface area contributed by atoms with Crippen molar-refractivity contribution in [2.75, 3.05) is 7.11 Å². The topological polar surface area (TPSA) is 60.8 Å². The quantitative estimate of drug-likeness (QED) is 0.848. The molecule has 1 aliphatic rings. The Hall–Kier alpha value is -1.11. The van der Waals surface area contributed by atoms with Crippen molar-refractivity contribution >= 4 is 12.7 Å². The van der Waals surface area contributed by atoms with E-state index >= 15 is 0 Å². The van der Waals surface area contributed by atoms with E-state index in [1.807, 2.05) is 27.7 Å². The summed E-state index contributed by atoms with van der Waals surface area (Å²) >= 11 is 0. The lowest BCUT2D eigenvalue weighted by molar-refractivity contribution is 0.00578. The summed E-state index contributed by atoms with van der Waals surface area (Å²) in [5, 5.41) is 9.94. The lowest BCUT2D eigenvalue weighted by Crippen LogP contribution is -2.41. The highest BCUT2D eigenvalue weighted by Crippen LogP contribution is 2.36. The Kier molecular flexibility index (Phi) is 3.84. The summed E-state index contributed by atoms with van der Waals surface area (Å²) in [6.45, 7) is 9.62. The molecule has 1 N–H and O–H groups in total. The lowest BCUT2D eigenvalue weighted by atomic mass is 9.79. The van der Waals surface area contributed by atoms with E-state index in [-0.39, 0.29) is 0 Å². The smallest absolute Gasteiger partial charge is 0.495 e. The molecule has 20 heavy (non-hydrogen) atoms. The van der Waals surface area contributed by atoms with Crippen molar-refractivity contribution in [3.63, 3.8) is 0 Å². The van der Waals surface area contributed by atoms with Gasteiger partial charge in [-0.1, -0.05) is 0 Å². The van der Waals surface area contributed by atoms with E-state index in [1.54, 1.807) is 26.3 Å². The molecular weight excluding hydrogens is 257 g/mol. The Bertz CT molecular complexity index is 486. The maximum absolute atomic E-state index is 9.94. The molecule has 1 fully saturated rings. The van der Waals surface area contributed by atoms with Crippen molar-refractivity contribution < 1.29 is 19.2 Å². The van der Waals surface area contributed by atoms with Crippen LogP contribution in [0.2, 0.25) is 0 Å². The van der Waals surface area contributed by atoms with Gasteiger partial charge in [-0.15, -0.1) is 0 Å². The van der Waals surface area contributed by atoms with Crippen LogP contribution in [-0.2, 0) is 9.31 Å². The van der Waals surface area contributed by atoms with Gasteiger partial charge in [-0.05, 0) is 40.7 Å². The second-order valence-electron chi connectivity index (χ2n) is 6.11. The van der Waals surface area contributed by atoms with Crippen LogP contribution in [0.3, 0.4) is 0 Å². The Morgan fingerprint density at radius 1 is 1.25 bits per heavy atom. The molecule has 2 rings (SSSR count). The molecule has 6 heteroatoms. The molecular formula is C14H22BNO4. The van der Waals surface area contributed by atoms with Gasteiger partial charge in [-0.2, -0.15) is 0 Å². The van der Waals surface area contributed by atoms with E-state index < -0.39 is 24.4 Å². The summed E-state index contributed by atoms with van der Waals surface area (Å²) in [5.41, 5.74) is 0.382. The van der Waals surface area contributed by atoms with E-state index in [2.05, 4.69) is 4.98 Å². The predicted molar refractivity (Wildman–Crippen MR) is 77.1 cm³/mol. The fourth-order valence-electron chi connectivity index (χ4n) is 2.07. The van der Waals surface area contributed by atoms with Crippen LogP contribution in [-0.4, -0.2) is 35.5 Å². The maximum Gasteiger partial charge on any atom is 0.514 e. The van der Waals surface area contributed by atoms with Crippen molar-refractivity contribution in [3.8, 4) is 5.75 Å². The summed E-state index contributed by atoms with van der Waals surface area (Å²) in [7, 11) is 0.979. The van der Waals surface area contributed by atoms with Gasteiger partial charge < -0.3 is 19.2 Å². The largest absolute Gasteiger partial charge is 0.514 e. The standard InChI is InChI=1S/C14H22BNO4/c1-9(17)11-7-10(18-6)8-16-12(11)15-19-13(2,3)14(4,5)20-15/h7-9,17H,1-6H3. The van der Waals surface area contributed by atoms with Crippen LogP contribution in [0, 0.1) is 0 Å². The number of aromatic nitrogens is 1. The number of methoxy groups -OCH3 is 1. The van der Waals surface area contributed by atoms with Crippen LogP contribution in [0.5, 0.6) is 5.75 Å². The number of aliphatic hydroxyl groups excluding tert-OH is 1. The average Bonchev–Trinajstić information content (AvgIpc) is 2.57. The minimum absolute atomic E-state index is 0.435. The minimum Gasteiger partial charge on any atom is -0.495 e. The van der Waals surface area contributed by atoms with Gasteiger partial charge in [0.1, 0.15) is 5.75 Å². The van der Waals surface area contributed by atoms with Gasteiger partial charge in [0.05, 0.1) is 36.2 Å². The van der Waals surface area contributed by atoms with E-state index in [1.165, 1.54) is 0 Å². The van der Waals surface area contributed by atoms with Crippen molar-refractivity contribution in [3.05, 3.63) is 17.8 Å². The number of aliphatic hydroxyl groups is 1. The fraction of sp³-hybridized carbons (Fsp3) is 0.643. The Morgan fingerprint density at radius 2 is 1.80 bits per heavy atom. The van der Waals surface area contributed by atoms with Crippen LogP contribution < -0.4 is 10.3 Å². The molecule has 1 saturated heterocycles. The molecule has 1 aromatic rings. The second kappa shape index (κ2) is 5.02. The third-order valence-electron chi connectivity index (χ3n) is 4.09. The molecule has 1 aliphatic heterocycles. The Labute approximate surface area is 120 Å². The number of ether oxygens (including phenoxy) is 1. The van der Waals surface area contributed by atoms with E-state index in [0.717, 1.165) is 0 Å². The zero-order valence-electron chi connectivity index (χ0n) is 12.9. The first-order chi connectivity index (χ1) is 9.18. The van der Waals surface area contributed by atoms with Gasteiger partial charge in [0.15, 0.2) is 0 Å². The average molecular weight is 279 g/mol. The summed E-state index contributed by atoms with van der Waals surface area (Å²) in [6.07, 6.45) is 0.929. The highest BCUT2D eigenvalue weighted by atomic mass is 16.7. The SMILES string of the molecule is COc1cnc(B2OC(C)(C)C(C)(C)O2)c(C(C)O)c1. The number of pyridine rings is 1. The third-order valence-corrected chi connectivity index (χ3v) is 4.09. The molecule has 0 amide bonds. The summed E-state index contributed by atoms with van der Waals surface area (Å²) in [5.74, 6) is 0.598. The van der Waals surface area contributed by atoms with Gasteiger partial charge >= 0.3 is 7.12 Å². The number of hydrogen-bond donors (Lipinski definition) is 1. The lowest BCUT2D eigenvalue weighted by Gasteiger charge is -2.32. The zero-order chi connectivity index (χ0) is 15.1. The molecule has 0 spiro atoms. The molecule has 110 valence electrons. The second-order valence-corrected chi connectivity index (χ2v) is 6.11. The molecule has 1 aromatic heterocycles. The fourth-order valence-corrected chi connectivity index (χ4v) is 2.07. The van der Waals surface area contributed by atoms with Crippen molar-refractivity contribution in [2.45, 2.75) is 51.9 Å². The zero-order valence-corrected chi connectivity index (χ0v) is 12.9. The Morgan fingerprint density at radius 3 is 2.25 bits per heavy atom. The molecule has 5 nitrogen and oxygen atoms in total. The first kappa shape index (κ1) is 15.3. The van der Waals surface area contributed by atoms with E-state index in [9.17, 15) is 5.11 Å². The summed E-state index contributed by atoms with van der Waals surface area (Å²) < 4.78 is 17.1. The number of nitrogens with zero attached hydrogens (tertiary/aromatic N) is 1. The van der Waals surface area contributed by atoms with E-state index in [4.69, 9.17) is 14.0 Å². The van der Waals surface area contributed by atoms with Crippen LogP contribution >= 0.6 is 0 Å². The summed E-state index contributed by atoms with van der Waals surface area (Å²) in [4.78, 5) is 4.35. The molecule has 0 saturated carbocycles. The van der Waals surface area contributed by atoms with Crippen LogP contribution in [0.15, 0.2) is 12.3 Å². The van der Waals surface area contributed by atoms with Gasteiger partial charge in [0, 0.05) is 5.56 Å². The molecule has 1 atom stereocenters. The molecule has 1 unspecified atom stereocenters. The molecule has 0 aromatic carbocycles. The van der Waals surface area contributed by atoms with Gasteiger partial charge in [-0.3, -0.25) is 4.98 Å². The van der Waals surface area contributed by atoms with Crippen molar-refractivity contribution in [1.82, 2.24) is 4.98 Å². The molecule has 0 radical (unpaired) electrons. The minimum atomic E-state index is -0.674. The normalized spacial score (nSPS) is 21.9. The first-order valence-electron chi connectivity index (χ1n) is 6.75. The number of rotatable bonds is 3. The third kappa shape index (κ3) is 2.55. The van der Waals surface area contributed by atoms with Gasteiger partial charge in [0.25, 0.3) is 0 Å². The van der Waals surface area contributed by atoms with Gasteiger partial charge in [-0.25, -0.2) is 0 Å². The monoisotopic (exact) mass is 279 g/mol. The van der Waals surface area contributed by atoms with Crippen molar-refractivity contribution in [2.24, 2.45) is 0 Å². The van der Waals surface area contributed by atoms with Crippen molar-refractivity contribution in [1.29, 1.82) is 0 Å². The van der Waals surface area contributed by atoms with E-state index in [0.29, 0.717) is 16.9 Å². The van der Waals surface area contributed by atoms with Gasteiger partial charge in [0.2, 0.25) is 0 Å². The Balaban J connectivity index is 2.39. The molecule has 0 bridgehead atoms. The predicted octanol–water partition coefficient (Wildman–Crippen LogP) is 1.44. The van der Waals surface area contributed by atoms with Crippen LogP contribution in [0.25, 0.3) is 0 Å². The highest BCUT2D eigenvalue weighted by Gasteiger charge is 2.53. The molecule has 0 aliphatic carbocycles.